The molecule has 0 bridgehead atoms. The average Bonchev–Trinajstić information content (AvgIpc) is 3.32. The van der Waals surface area contributed by atoms with Crippen molar-refractivity contribution in [3.63, 3.8) is 0 Å². The highest BCUT2D eigenvalue weighted by Crippen LogP contribution is 2.47. The summed E-state index contributed by atoms with van der Waals surface area (Å²) in [5, 5.41) is 14.5. The normalized spacial score (nSPS) is 20.9. The fraction of sp³-hybridized carbons (Fsp3) is 0.592. The number of carbonyl (C=O) groups excluding carboxylic acids is 1. The fourth-order valence-electron chi connectivity index (χ4n) is 6.58. The largest absolute Gasteiger partial charge is 0.375 e. The van der Waals surface area contributed by atoms with Crippen LogP contribution in [0.4, 0.5) is 10.1 Å². The van der Waals surface area contributed by atoms with E-state index in [4.69, 9.17) is 4.99 Å². The molecule has 2 N–H and O–H groups in total. The van der Waals surface area contributed by atoms with Gasteiger partial charge >= 0.3 is 0 Å². The first-order valence-electron chi connectivity index (χ1n) is 21.5. The first kappa shape index (κ1) is 49.5. The number of fused-ring (bicyclic) bond motifs is 1. The lowest BCUT2D eigenvalue weighted by atomic mass is 9.76. The zero-order valence-corrected chi connectivity index (χ0v) is 37.1. The van der Waals surface area contributed by atoms with E-state index in [1.165, 1.54) is 44.6 Å². The van der Waals surface area contributed by atoms with Gasteiger partial charge in [-0.25, -0.2) is 4.39 Å². The summed E-state index contributed by atoms with van der Waals surface area (Å²) in [7, 11) is 0. The number of halogens is 1. The van der Waals surface area contributed by atoms with Crippen LogP contribution < -0.4 is 10.2 Å². The summed E-state index contributed by atoms with van der Waals surface area (Å²) in [6, 6.07) is 6.05. The van der Waals surface area contributed by atoms with Gasteiger partial charge in [-0.2, -0.15) is 0 Å². The molecule has 1 heterocycles. The van der Waals surface area contributed by atoms with Gasteiger partial charge in [0.05, 0.1) is 17.1 Å². The molecule has 1 aromatic carbocycles. The van der Waals surface area contributed by atoms with E-state index in [9.17, 15) is 14.3 Å². The number of amides is 1. The molecular weight excluding hydrogens is 682 g/mol. The van der Waals surface area contributed by atoms with Crippen molar-refractivity contribution in [2.24, 2.45) is 16.8 Å². The minimum absolute atomic E-state index is 0.117. The first-order valence-corrected chi connectivity index (χ1v) is 21.5. The minimum Gasteiger partial charge on any atom is -0.375 e. The van der Waals surface area contributed by atoms with Gasteiger partial charge in [-0.1, -0.05) is 138 Å². The first-order chi connectivity index (χ1) is 26.2. The van der Waals surface area contributed by atoms with Crippen LogP contribution in [0.25, 0.3) is 5.57 Å². The summed E-state index contributed by atoms with van der Waals surface area (Å²) >= 11 is 0. The molecule has 3 rings (SSSR count). The quantitative estimate of drug-likeness (QED) is 0.0890. The van der Waals surface area contributed by atoms with Crippen LogP contribution in [0.15, 0.2) is 88.1 Å². The minimum atomic E-state index is -1.54. The maximum atomic E-state index is 14.9. The Labute approximate surface area is 336 Å². The third kappa shape index (κ3) is 15.9. The lowest BCUT2D eigenvalue weighted by Crippen LogP contribution is -2.49. The van der Waals surface area contributed by atoms with Gasteiger partial charge in [0, 0.05) is 23.5 Å². The molecule has 1 unspecified atom stereocenters. The number of aliphatic hydroxyl groups is 1. The molecule has 1 aliphatic heterocycles. The number of carbonyl (C=O) groups is 1. The SMILES string of the molecule is CC(C)C.CCCCCCC.C\C=C/C(N/C(C)=C(C)/C(=C\C(=C\CC)c1ccc2c(c1)N(C1CC(CCC)C1)C(=O)C2(C)O)N=CCC)=C(F)\C=C\CC. The Morgan fingerprint density at radius 1 is 0.982 bits per heavy atom. The lowest BCUT2D eigenvalue weighted by molar-refractivity contribution is -0.135. The second-order valence-corrected chi connectivity index (χ2v) is 15.8. The molecule has 1 fully saturated rings. The molecule has 5 nitrogen and oxygen atoms in total. The van der Waals surface area contributed by atoms with Crippen LogP contribution in [0.5, 0.6) is 0 Å². The fourth-order valence-corrected chi connectivity index (χ4v) is 6.58. The lowest BCUT2D eigenvalue weighted by Gasteiger charge is -2.42. The van der Waals surface area contributed by atoms with Gasteiger partial charge in [-0.15, -0.1) is 0 Å². The molecule has 2 aliphatic rings. The van der Waals surface area contributed by atoms with E-state index in [1.54, 1.807) is 19.1 Å². The molecule has 1 saturated carbocycles. The monoisotopic (exact) mass is 760 g/mol. The summed E-state index contributed by atoms with van der Waals surface area (Å²) < 4.78 is 14.9. The number of nitrogens with zero attached hydrogens (tertiary/aromatic N) is 2. The molecule has 0 aromatic heterocycles. The molecule has 0 saturated heterocycles. The third-order valence-corrected chi connectivity index (χ3v) is 9.72. The molecule has 1 aromatic rings. The average molecular weight is 760 g/mol. The summed E-state index contributed by atoms with van der Waals surface area (Å²) in [6.07, 6.45) is 26.5. The van der Waals surface area contributed by atoms with Crippen molar-refractivity contribution in [1.82, 2.24) is 5.32 Å². The van der Waals surface area contributed by atoms with E-state index in [-0.39, 0.29) is 17.8 Å². The molecule has 1 atom stereocenters. The molecule has 308 valence electrons. The molecule has 6 heteroatoms. The summed E-state index contributed by atoms with van der Waals surface area (Å²) in [6.45, 7) is 26.7. The topological polar surface area (TPSA) is 64.9 Å². The Kier molecular flexibility index (Phi) is 23.7. The molecular formula is C49H78FN3O2. The molecule has 1 aliphatic carbocycles. The second-order valence-electron chi connectivity index (χ2n) is 15.8. The van der Waals surface area contributed by atoms with Gasteiger partial charge < -0.3 is 15.3 Å². The van der Waals surface area contributed by atoms with E-state index < -0.39 is 5.60 Å². The number of rotatable bonds is 18. The van der Waals surface area contributed by atoms with Gasteiger partial charge in [0.25, 0.3) is 5.91 Å². The Bertz CT molecular complexity index is 1530. The van der Waals surface area contributed by atoms with Crippen LogP contribution >= 0.6 is 0 Å². The summed E-state index contributed by atoms with van der Waals surface area (Å²) in [5.74, 6) is 0.908. The predicted octanol–water partition coefficient (Wildman–Crippen LogP) is 14.2. The Balaban J connectivity index is 0.00000120. The summed E-state index contributed by atoms with van der Waals surface area (Å²) in [5.41, 5.74) is 4.70. The standard InChI is InChI=1S/C38H52FN3O2.C7H16.C4H10/c1-9-14-18-33(39)34(17-12-4)41-27(7)26(6)35(40-21-13-5)24-29(16-11-3)30-19-20-32-36(25-30)42(37(43)38(32,8)44)31-22-28(23-31)15-10-2;1-3-5-7-6-4-2;1-4(2)3/h12,14,16-21,24-25,28,31,41,44H,9-11,13,15,22-23H2,1-8H3;3-7H2,1-2H3;4H,1-3H3/b17-12-,18-14+,27-26+,29-16-,34-33-,35-24+,40-21?;;. The van der Waals surface area contributed by atoms with Crippen molar-refractivity contribution >= 4 is 23.4 Å². The molecule has 1 amide bonds. The van der Waals surface area contributed by atoms with Crippen LogP contribution in [0.1, 0.15) is 178 Å². The van der Waals surface area contributed by atoms with Crippen molar-refractivity contribution in [2.75, 3.05) is 4.90 Å². The number of hydrogen-bond donors (Lipinski definition) is 2. The van der Waals surface area contributed by atoms with Crippen molar-refractivity contribution < 1.29 is 14.3 Å². The van der Waals surface area contributed by atoms with Gasteiger partial charge in [0.1, 0.15) is 5.83 Å². The van der Waals surface area contributed by atoms with E-state index in [2.05, 4.69) is 65.9 Å². The number of allylic oxidation sites excluding steroid dienone is 10. The van der Waals surface area contributed by atoms with Gasteiger partial charge in [0.15, 0.2) is 5.60 Å². The maximum absolute atomic E-state index is 14.9. The van der Waals surface area contributed by atoms with Crippen LogP contribution in [0.3, 0.4) is 0 Å². The van der Waals surface area contributed by atoms with Crippen molar-refractivity contribution in [2.45, 2.75) is 179 Å². The van der Waals surface area contributed by atoms with Crippen molar-refractivity contribution in [3.05, 3.63) is 94.3 Å². The zero-order valence-electron chi connectivity index (χ0n) is 37.1. The Morgan fingerprint density at radius 2 is 1.62 bits per heavy atom. The van der Waals surface area contributed by atoms with Crippen molar-refractivity contribution in [1.29, 1.82) is 0 Å². The number of nitrogens with one attached hydrogen (secondary N) is 1. The van der Waals surface area contributed by atoms with E-state index in [0.29, 0.717) is 17.2 Å². The molecule has 55 heavy (non-hydrogen) atoms. The van der Waals surface area contributed by atoms with E-state index in [0.717, 1.165) is 78.2 Å². The van der Waals surface area contributed by atoms with Gasteiger partial charge in [0.2, 0.25) is 0 Å². The second kappa shape index (κ2) is 26.4. The van der Waals surface area contributed by atoms with Gasteiger partial charge in [-0.3, -0.25) is 9.79 Å². The smallest absolute Gasteiger partial charge is 0.263 e. The predicted molar refractivity (Wildman–Crippen MR) is 239 cm³/mol. The van der Waals surface area contributed by atoms with Gasteiger partial charge in [-0.05, 0) is 113 Å². The number of benzene rings is 1. The highest BCUT2D eigenvalue weighted by atomic mass is 19.1. The Hall–Kier alpha value is -3.51. The highest BCUT2D eigenvalue weighted by Gasteiger charge is 2.50. The number of hydrogen-bond acceptors (Lipinski definition) is 4. The van der Waals surface area contributed by atoms with Crippen LogP contribution in [0.2, 0.25) is 0 Å². The van der Waals surface area contributed by atoms with Crippen LogP contribution in [-0.2, 0) is 10.4 Å². The van der Waals surface area contributed by atoms with Crippen LogP contribution in [0, 0.1) is 11.8 Å². The zero-order chi connectivity index (χ0) is 41.6. The number of unbranched alkanes of at least 4 members (excludes halogenated alkanes) is 4. The molecule has 0 spiro atoms. The highest BCUT2D eigenvalue weighted by molar-refractivity contribution is 6.07. The Morgan fingerprint density at radius 3 is 2.15 bits per heavy atom. The number of anilines is 1. The van der Waals surface area contributed by atoms with Crippen molar-refractivity contribution in [3.8, 4) is 0 Å². The maximum Gasteiger partial charge on any atom is 0.263 e. The van der Waals surface area contributed by atoms with Crippen LogP contribution in [-0.4, -0.2) is 23.3 Å². The van der Waals surface area contributed by atoms with E-state index >= 15 is 0 Å². The third-order valence-electron chi connectivity index (χ3n) is 9.72. The van der Waals surface area contributed by atoms with E-state index in [1.807, 2.05) is 70.0 Å². The molecule has 0 radical (unpaired) electrons. The summed E-state index contributed by atoms with van der Waals surface area (Å²) in [4.78, 5) is 20.1. The number of aliphatic imine (C=N–C) groups is 1.